The van der Waals surface area contributed by atoms with Gasteiger partial charge in [-0.15, -0.1) is 0 Å². The molecular weight excluding hydrogens is 452 g/mol. The topological polar surface area (TPSA) is 112 Å². The lowest BCUT2D eigenvalue weighted by atomic mass is 10.1. The molecular formula is C26H34N2O7. The van der Waals surface area contributed by atoms with Crippen molar-refractivity contribution in [1.29, 1.82) is 0 Å². The second-order valence-corrected chi connectivity index (χ2v) is 7.68. The molecule has 1 unspecified atom stereocenters. The molecule has 2 rings (SSSR count). The molecule has 0 saturated heterocycles. The van der Waals surface area contributed by atoms with Gasteiger partial charge in [0.25, 0.3) is 5.91 Å². The van der Waals surface area contributed by atoms with E-state index >= 15 is 0 Å². The number of esters is 1. The molecule has 190 valence electrons. The van der Waals surface area contributed by atoms with Crippen molar-refractivity contribution in [2.24, 2.45) is 0 Å². The Labute approximate surface area is 206 Å². The summed E-state index contributed by atoms with van der Waals surface area (Å²) >= 11 is 0. The molecule has 0 saturated carbocycles. The molecule has 0 aliphatic rings. The van der Waals surface area contributed by atoms with Gasteiger partial charge in [-0.3, -0.25) is 9.59 Å². The molecule has 0 heterocycles. The molecule has 9 heteroatoms. The molecule has 0 aromatic heterocycles. The lowest BCUT2D eigenvalue weighted by Gasteiger charge is -2.18. The van der Waals surface area contributed by atoms with Crippen LogP contribution in [-0.2, 0) is 14.3 Å². The van der Waals surface area contributed by atoms with Crippen molar-refractivity contribution < 1.29 is 33.3 Å². The van der Waals surface area contributed by atoms with Crippen molar-refractivity contribution in [3.05, 3.63) is 47.0 Å². The van der Waals surface area contributed by atoms with Gasteiger partial charge in [0, 0.05) is 5.69 Å². The van der Waals surface area contributed by atoms with Crippen LogP contribution in [0.3, 0.4) is 0 Å². The Morgan fingerprint density at radius 1 is 0.886 bits per heavy atom. The Bertz CT molecular complexity index is 1000. The predicted molar refractivity (Wildman–Crippen MR) is 132 cm³/mol. The van der Waals surface area contributed by atoms with Crippen molar-refractivity contribution >= 4 is 23.5 Å². The molecule has 2 N–H and O–H groups in total. The number of nitrogens with one attached hydrogen (secondary N) is 2. The van der Waals surface area contributed by atoms with Crippen molar-refractivity contribution in [3.63, 3.8) is 0 Å². The Hall–Kier alpha value is -3.75. The van der Waals surface area contributed by atoms with Crippen LogP contribution in [-0.4, -0.2) is 50.3 Å². The van der Waals surface area contributed by atoms with Gasteiger partial charge in [-0.05, 0) is 64.8 Å². The first-order chi connectivity index (χ1) is 16.7. The zero-order valence-corrected chi connectivity index (χ0v) is 21.2. The molecule has 0 aliphatic carbocycles. The first-order valence-corrected chi connectivity index (χ1v) is 11.6. The van der Waals surface area contributed by atoms with Crippen LogP contribution in [0.1, 0.15) is 49.2 Å². The molecule has 0 radical (unpaired) electrons. The number of para-hydroxylation sites is 1. The van der Waals surface area contributed by atoms with E-state index < -0.39 is 18.0 Å². The highest BCUT2D eigenvalue weighted by Gasteiger charge is 2.23. The Morgan fingerprint density at radius 2 is 1.43 bits per heavy atom. The molecule has 0 fully saturated rings. The first kappa shape index (κ1) is 27.5. The van der Waals surface area contributed by atoms with E-state index in [0.717, 1.165) is 11.1 Å². The van der Waals surface area contributed by atoms with Gasteiger partial charge in [0.2, 0.25) is 11.7 Å². The van der Waals surface area contributed by atoms with E-state index in [1.165, 1.54) is 19.1 Å². The van der Waals surface area contributed by atoms with E-state index in [4.69, 9.17) is 18.9 Å². The average Bonchev–Trinajstić information content (AvgIpc) is 2.82. The van der Waals surface area contributed by atoms with Crippen LogP contribution in [0.25, 0.3) is 0 Å². The van der Waals surface area contributed by atoms with Gasteiger partial charge >= 0.3 is 5.97 Å². The van der Waals surface area contributed by atoms with Gasteiger partial charge in [0.05, 0.1) is 31.9 Å². The van der Waals surface area contributed by atoms with Gasteiger partial charge < -0.3 is 29.6 Å². The summed E-state index contributed by atoms with van der Waals surface area (Å²) in [5.41, 5.74) is 2.69. The largest absolute Gasteiger partial charge is 0.490 e. The third-order valence-electron chi connectivity index (χ3n) is 4.97. The van der Waals surface area contributed by atoms with E-state index in [0.29, 0.717) is 42.8 Å². The lowest BCUT2D eigenvalue weighted by molar-refractivity contribution is -0.130. The molecule has 1 atom stereocenters. The van der Waals surface area contributed by atoms with Gasteiger partial charge in [0.15, 0.2) is 17.6 Å². The molecule has 9 nitrogen and oxygen atoms in total. The van der Waals surface area contributed by atoms with Crippen LogP contribution >= 0.6 is 0 Å². The van der Waals surface area contributed by atoms with Crippen LogP contribution < -0.4 is 24.8 Å². The summed E-state index contributed by atoms with van der Waals surface area (Å²) in [7, 11) is 0. The second kappa shape index (κ2) is 13.2. The number of hydrogen-bond donors (Lipinski definition) is 2. The normalized spacial score (nSPS) is 11.3. The second-order valence-electron chi connectivity index (χ2n) is 7.68. The number of anilines is 1. The number of carbonyl (C=O) groups excluding carboxylic acids is 3. The summed E-state index contributed by atoms with van der Waals surface area (Å²) in [6, 6.07) is 8.65. The van der Waals surface area contributed by atoms with E-state index in [-0.39, 0.29) is 18.0 Å². The summed E-state index contributed by atoms with van der Waals surface area (Å²) in [4.78, 5) is 37.5. The minimum absolute atomic E-state index is 0.146. The molecule has 2 amide bonds. The summed E-state index contributed by atoms with van der Waals surface area (Å²) in [5, 5.41) is 5.28. The minimum Gasteiger partial charge on any atom is -0.490 e. The third kappa shape index (κ3) is 7.63. The van der Waals surface area contributed by atoms with Gasteiger partial charge in [0.1, 0.15) is 0 Å². The van der Waals surface area contributed by atoms with Crippen LogP contribution in [0.15, 0.2) is 30.3 Å². The standard InChI is InChI=1S/C26H34N2O7/c1-7-32-20-13-19(14-21(33-8-2)24(20)34-9-3)26(31)35-18(6)25(30)27-15-22(29)28-23-16(4)11-10-12-17(23)5/h10-14,18H,7-9,15H2,1-6H3,(H,27,30)(H,28,29). The number of rotatable bonds is 12. The Balaban J connectivity index is 2.03. The average molecular weight is 487 g/mol. The fourth-order valence-electron chi connectivity index (χ4n) is 3.30. The fraction of sp³-hybridized carbons (Fsp3) is 0.423. The number of hydrogen-bond acceptors (Lipinski definition) is 7. The highest BCUT2D eigenvalue weighted by molar-refractivity contribution is 5.97. The van der Waals surface area contributed by atoms with E-state index in [1.54, 1.807) is 0 Å². The number of ether oxygens (including phenoxy) is 4. The van der Waals surface area contributed by atoms with Crippen LogP contribution in [0.5, 0.6) is 17.2 Å². The zero-order valence-electron chi connectivity index (χ0n) is 21.2. The number of aryl methyl sites for hydroxylation is 2. The molecule has 0 aliphatic heterocycles. The monoisotopic (exact) mass is 486 g/mol. The number of amides is 2. The molecule has 0 bridgehead atoms. The van der Waals surface area contributed by atoms with Gasteiger partial charge in [-0.2, -0.15) is 0 Å². The Kier molecular flexibility index (Phi) is 10.4. The molecule has 0 spiro atoms. The zero-order chi connectivity index (χ0) is 26.0. The summed E-state index contributed by atoms with van der Waals surface area (Å²) in [6.45, 7) is 11.5. The van der Waals surface area contributed by atoms with Gasteiger partial charge in [-0.25, -0.2) is 4.79 Å². The van der Waals surface area contributed by atoms with E-state index in [2.05, 4.69) is 10.6 Å². The maximum Gasteiger partial charge on any atom is 0.339 e. The Morgan fingerprint density at radius 3 is 1.94 bits per heavy atom. The van der Waals surface area contributed by atoms with E-state index in [1.807, 2.05) is 52.8 Å². The van der Waals surface area contributed by atoms with Crippen molar-refractivity contribution in [3.8, 4) is 17.2 Å². The number of carbonyl (C=O) groups is 3. The summed E-state index contributed by atoms with van der Waals surface area (Å²) in [6.07, 6.45) is -1.13. The first-order valence-electron chi connectivity index (χ1n) is 11.6. The lowest BCUT2D eigenvalue weighted by Crippen LogP contribution is -2.40. The molecule has 2 aromatic carbocycles. The highest BCUT2D eigenvalue weighted by Crippen LogP contribution is 2.39. The van der Waals surface area contributed by atoms with Crippen molar-refractivity contribution in [2.75, 3.05) is 31.7 Å². The van der Waals surface area contributed by atoms with Crippen LogP contribution in [0, 0.1) is 13.8 Å². The predicted octanol–water partition coefficient (Wildman–Crippen LogP) is 3.80. The fourth-order valence-corrected chi connectivity index (χ4v) is 3.30. The quantitative estimate of drug-likeness (QED) is 0.439. The maximum absolute atomic E-state index is 12.8. The minimum atomic E-state index is -1.13. The highest BCUT2D eigenvalue weighted by atomic mass is 16.6. The molecule has 35 heavy (non-hydrogen) atoms. The van der Waals surface area contributed by atoms with Gasteiger partial charge in [-0.1, -0.05) is 18.2 Å². The summed E-state index contributed by atoms with van der Waals surface area (Å²) < 4.78 is 22.2. The maximum atomic E-state index is 12.8. The molecule has 2 aromatic rings. The van der Waals surface area contributed by atoms with Crippen LogP contribution in [0.2, 0.25) is 0 Å². The third-order valence-corrected chi connectivity index (χ3v) is 4.97. The van der Waals surface area contributed by atoms with Crippen LogP contribution in [0.4, 0.5) is 5.69 Å². The summed E-state index contributed by atoms with van der Waals surface area (Å²) in [5.74, 6) is -0.648. The SMILES string of the molecule is CCOc1cc(C(=O)OC(C)C(=O)NCC(=O)Nc2c(C)cccc2C)cc(OCC)c1OCC. The van der Waals surface area contributed by atoms with E-state index in [9.17, 15) is 14.4 Å². The van der Waals surface area contributed by atoms with Crippen molar-refractivity contribution in [1.82, 2.24) is 5.32 Å². The van der Waals surface area contributed by atoms with Crippen molar-refractivity contribution in [2.45, 2.75) is 47.6 Å². The number of benzene rings is 2. The smallest absolute Gasteiger partial charge is 0.339 e.